The molecule has 0 saturated carbocycles. The fraction of sp³-hybridized carbons (Fsp3) is 0.207. The third-order valence-electron chi connectivity index (χ3n) is 5.37. The van der Waals surface area contributed by atoms with Crippen LogP contribution in [-0.2, 0) is 6.61 Å². The lowest BCUT2D eigenvalue weighted by Crippen LogP contribution is -2.10. The Morgan fingerprint density at radius 3 is 2.53 bits per heavy atom. The smallest absolute Gasteiger partial charge is 0.235 e. The molecule has 0 saturated heterocycles. The van der Waals surface area contributed by atoms with Gasteiger partial charge in [0.1, 0.15) is 23.7 Å². The molecule has 0 aliphatic heterocycles. The lowest BCUT2D eigenvalue weighted by molar-refractivity contribution is 0.297. The minimum absolute atomic E-state index is 0.171. The van der Waals surface area contributed by atoms with Crippen molar-refractivity contribution in [1.82, 2.24) is 0 Å². The van der Waals surface area contributed by atoms with Crippen LogP contribution >= 0.6 is 0 Å². The molecule has 5 nitrogen and oxygen atoms in total. The first-order chi connectivity index (χ1) is 16.7. The molecule has 0 radical (unpaired) electrons. The summed E-state index contributed by atoms with van der Waals surface area (Å²) < 4.78 is 23.3. The second-order valence-electron chi connectivity index (χ2n) is 7.76. The van der Waals surface area contributed by atoms with E-state index in [1.165, 1.54) is 0 Å². The monoisotopic (exact) mass is 454 g/mol. The van der Waals surface area contributed by atoms with Gasteiger partial charge < -0.3 is 18.6 Å². The Labute approximate surface area is 198 Å². The summed E-state index contributed by atoms with van der Waals surface area (Å²) in [7, 11) is 1.61. The number of rotatable bonds is 10. The van der Waals surface area contributed by atoms with Gasteiger partial charge in [-0.25, -0.2) is 0 Å². The first-order valence-electron chi connectivity index (χ1n) is 11.2. The Morgan fingerprint density at radius 2 is 1.74 bits per heavy atom. The summed E-state index contributed by atoms with van der Waals surface area (Å²) in [5.41, 5.74) is 1.90. The van der Waals surface area contributed by atoms with Crippen LogP contribution in [0.2, 0.25) is 0 Å². The Bertz CT molecular complexity index is 1350. The number of unbranched alkanes of at least 4 members (excludes halogenated alkanes) is 2. The minimum Gasteiger partial charge on any atom is -0.497 e. The van der Waals surface area contributed by atoms with Crippen LogP contribution in [0.3, 0.4) is 0 Å². The summed E-state index contributed by atoms with van der Waals surface area (Å²) in [5, 5.41) is 0.471. The molecule has 0 bridgehead atoms. The van der Waals surface area contributed by atoms with E-state index in [0.717, 1.165) is 41.9 Å². The van der Waals surface area contributed by atoms with Crippen molar-refractivity contribution in [1.29, 1.82) is 0 Å². The van der Waals surface area contributed by atoms with Gasteiger partial charge in [-0.15, -0.1) is 12.3 Å². The largest absolute Gasteiger partial charge is 0.497 e. The normalized spacial score (nSPS) is 10.6. The quantitative estimate of drug-likeness (QED) is 0.210. The van der Waals surface area contributed by atoms with Crippen LogP contribution in [0.1, 0.15) is 24.8 Å². The summed E-state index contributed by atoms with van der Waals surface area (Å²) in [6.07, 6.45) is 7.86. The van der Waals surface area contributed by atoms with Gasteiger partial charge in [-0.05, 0) is 66.9 Å². The molecule has 1 aromatic heterocycles. The molecule has 172 valence electrons. The van der Waals surface area contributed by atoms with Gasteiger partial charge in [0, 0.05) is 12.0 Å². The van der Waals surface area contributed by atoms with Gasteiger partial charge in [-0.3, -0.25) is 4.79 Å². The Morgan fingerprint density at radius 1 is 0.912 bits per heavy atom. The van der Waals surface area contributed by atoms with Gasteiger partial charge in [0.05, 0.1) is 19.1 Å². The molecule has 5 heteroatoms. The fourth-order valence-corrected chi connectivity index (χ4v) is 3.59. The highest BCUT2D eigenvalue weighted by atomic mass is 16.5. The average Bonchev–Trinajstić information content (AvgIpc) is 2.88. The number of terminal acetylenes is 1. The highest BCUT2D eigenvalue weighted by molar-refractivity contribution is 5.82. The van der Waals surface area contributed by atoms with Gasteiger partial charge in [0.15, 0.2) is 5.76 Å². The minimum atomic E-state index is -0.214. The molecule has 0 atom stereocenters. The van der Waals surface area contributed by atoms with E-state index in [1.807, 2.05) is 54.6 Å². The van der Waals surface area contributed by atoms with E-state index in [1.54, 1.807) is 25.3 Å². The lowest BCUT2D eigenvalue weighted by Gasteiger charge is -2.13. The summed E-state index contributed by atoms with van der Waals surface area (Å²) in [6.45, 7) is 0.799. The molecular weight excluding hydrogens is 428 g/mol. The van der Waals surface area contributed by atoms with Gasteiger partial charge >= 0.3 is 0 Å². The first kappa shape index (κ1) is 23.0. The molecule has 3 aromatic carbocycles. The van der Waals surface area contributed by atoms with Crippen LogP contribution in [0, 0.1) is 12.3 Å². The maximum Gasteiger partial charge on any atom is 0.235 e. The number of hydrogen-bond donors (Lipinski definition) is 0. The van der Waals surface area contributed by atoms with Crippen LogP contribution in [0.25, 0.3) is 22.3 Å². The van der Waals surface area contributed by atoms with E-state index in [-0.39, 0.29) is 17.8 Å². The van der Waals surface area contributed by atoms with E-state index in [0.29, 0.717) is 23.3 Å². The lowest BCUT2D eigenvalue weighted by atomic mass is 10.1. The molecule has 0 aliphatic rings. The highest BCUT2D eigenvalue weighted by Crippen LogP contribution is 2.32. The molecule has 34 heavy (non-hydrogen) atoms. The van der Waals surface area contributed by atoms with Crippen molar-refractivity contribution in [3.8, 4) is 40.9 Å². The molecule has 0 N–H and O–H groups in total. The Hall–Kier alpha value is -4.17. The van der Waals surface area contributed by atoms with Crippen molar-refractivity contribution in [3.05, 3.63) is 88.6 Å². The molecule has 0 spiro atoms. The van der Waals surface area contributed by atoms with Gasteiger partial charge in [0.25, 0.3) is 0 Å². The summed E-state index contributed by atoms with van der Waals surface area (Å²) in [5.74, 6) is 4.65. The molecule has 4 aromatic rings. The first-order valence-corrected chi connectivity index (χ1v) is 11.2. The van der Waals surface area contributed by atoms with Gasteiger partial charge in [-0.1, -0.05) is 24.3 Å². The SMILES string of the molecule is C#CCCCCOc1ccc(-c2oc3ccccc3c(=O)c2OCc2cccc(OC)c2)cc1. The molecule has 0 fully saturated rings. The van der Waals surface area contributed by atoms with E-state index >= 15 is 0 Å². The predicted molar refractivity (Wildman–Crippen MR) is 133 cm³/mol. The summed E-state index contributed by atoms with van der Waals surface area (Å²) in [6, 6.07) is 22.1. The van der Waals surface area contributed by atoms with Crippen molar-refractivity contribution < 1.29 is 18.6 Å². The maximum absolute atomic E-state index is 13.3. The van der Waals surface area contributed by atoms with Gasteiger partial charge in [-0.2, -0.15) is 0 Å². The van der Waals surface area contributed by atoms with E-state index in [2.05, 4.69) is 5.92 Å². The highest BCUT2D eigenvalue weighted by Gasteiger charge is 2.18. The fourth-order valence-electron chi connectivity index (χ4n) is 3.59. The third kappa shape index (κ3) is 5.41. The second-order valence-corrected chi connectivity index (χ2v) is 7.76. The number of benzene rings is 3. The van der Waals surface area contributed by atoms with Crippen molar-refractivity contribution in [3.63, 3.8) is 0 Å². The van der Waals surface area contributed by atoms with E-state index < -0.39 is 0 Å². The van der Waals surface area contributed by atoms with Crippen LogP contribution in [0.4, 0.5) is 0 Å². The number of methoxy groups -OCH3 is 1. The van der Waals surface area contributed by atoms with Gasteiger partial charge in [0.2, 0.25) is 11.2 Å². The number of para-hydroxylation sites is 1. The molecule has 1 heterocycles. The topological polar surface area (TPSA) is 57.9 Å². The summed E-state index contributed by atoms with van der Waals surface area (Å²) in [4.78, 5) is 13.3. The zero-order valence-electron chi connectivity index (χ0n) is 19.1. The zero-order chi connectivity index (χ0) is 23.8. The van der Waals surface area contributed by atoms with Crippen molar-refractivity contribution >= 4 is 11.0 Å². The Kier molecular flexibility index (Phi) is 7.52. The van der Waals surface area contributed by atoms with Crippen LogP contribution < -0.4 is 19.6 Å². The molecule has 4 rings (SSSR count). The van der Waals surface area contributed by atoms with E-state index in [4.69, 9.17) is 25.1 Å². The van der Waals surface area contributed by atoms with Crippen molar-refractivity contribution in [2.24, 2.45) is 0 Å². The standard InChI is InChI=1S/C29H26O5/c1-3-4-5-8-18-32-23-16-14-22(15-17-23)28-29(27(30)25-12-6-7-13-26(25)34-28)33-20-21-10-9-11-24(19-21)31-2/h1,6-7,9-17,19H,4-5,8,18,20H2,2H3. The number of ether oxygens (including phenoxy) is 3. The van der Waals surface area contributed by atoms with E-state index in [9.17, 15) is 4.79 Å². The second kappa shape index (κ2) is 11.1. The predicted octanol–water partition coefficient (Wildman–Crippen LogP) is 6.23. The van der Waals surface area contributed by atoms with Crippen LogP contribution in [0.15, 0.2) is 82.0 Å². The molecule has 0 unspecified atom stereocenters. The van der Waals surface area contributed by atoms with Crippen molar-refractivity contribution in [2.45, 2.75) is 25.9 Å². The maximum atomic E-state index is 13.3. The van der Waals surface area contributed by atoms with Crippen LogP contribution in [-0.4, -0.2) is 13.7 Å². The zero-order valence-corrected chi connectivity index (χ0v) is 19.1. The molecule has 0 aliphatic carbocycles. The Balaban J connectivity index is 1.62. The molecule has 0 amide bonds. The third-order valence-corrected chi connectivity index (χ3v) is 5.37. The van der Waals surface area contributed by atoms with Crippen molar-refractivity contribution in [2.75, 3.05) is 13.7 Å². The average molecular weight is 455 g/mol. The van der Waals surface area contributed by atoms with Crippen LogP contribution in [0.5, 0.6) is 17.2 Å². The number of fused-ring (bicyclic) bond motifs is 1. The molecular formula is C29H26O5. The number of hydrogen-bond acceptors (Lipinski definition) is 5. The summed E-state index contributed by atoms with van der Waals surface area (Å²) >= 11 is 0.